The molecule has 1 aromatic carbocycles. The first kappa shape index (κ1) is 27.5. The van der Waals surface area contributed by atoms with Crippen LogP contribution in [0.2, 0.25) is 5.02 Å². The van der Waals surface area contributed by atoms with Crippen LogP contribution in [0.1, 0.15) is 44.5 Å². The fraction of sp³-hybridized carbons (Fsp3) is 0.520. The molecule has 11 nitrogen and oxygen atoms in total. The third kappa shape index (κ3) is 5.39. The van der Waals surface area contributed by atoms with Gasteiger partial charge < -0.3 is 24.6 Å². The highest BCUT2D eigenvalue weighted by atomic mass is 35.5. The van der Waals surface area contributed by atoms with E-state index in [1.54, 1.807) is 11.0 Å². The maximum atomic E-state index is 15.5. The number of sulfone groups is 1. The van der Waals surface area contributed by atoms with Crippen LogP contribution < -0.4 is 5.32 Å². The molecule has 2 aromatic heterocycles. The summed E-state index contributed by atoms with van der Waals surface area (Å²) in [4.78, 5) is 27.0. The summed E-state index contributed by atoms with van der Waals surface area (Å²) < 4.78 is 45.9. The number of fused-ring (bicyclic) bond motifs is 1. The average molecular weight is 581 g/mol. The minimum Gasteiger partial charge on any atom is -0.453 e. The van der Waals surface area contributed by atoms with Gasteiger partial charge in [0, 0.05) is 30.6 Å². The Balaban J connectivity index is 1.50. The van der Waals surface area contributed by atoms with E-state index < -0.39 is 33.9 Å². The first-order valence-electron chi connectivity index (χ1n) is 12.7. The Morgan fingerprint density at radius 2 is 2.05 bits per heavy atom. The van der Waals surface area contributed by atoms with Gasteiger partial charge in [-0.05, 0) is 38.8 Å². The lowest BCUT2D eigenvalue weighted by Crippen LogP contribution is -2.45. The number of ether oxygens (including phenoxy) is 1. The van der Waals surface area contributed by atoms with Crippen molar-refractivity contribution in [2.45, 2.75) is 50.8 Å². The summed E-state index contributed by atoms with van der Waals surface area (Å²) >= 11 is 6.44. The number of rotatable bonds is 5. The van der Waals surface area contributed by atoms with Gasteiger partial charge in [-0.2, -0.15) is 0 Å². The maximum absolute atomic E-state index is 15.5. The Bertz CT molecular complexity index is 1530. The first-order chi connectivity index (χ1) is 18.5. The molecular formula is C25H30ClFN6O5S. The normalized spacial score (nSPS) is 22.9. The summed E-state index contributed by atoms with van der Waals surface area (Å²) in [5.74, 6) is -0.171. The van der Waals surface area contributed by atoms with Gasteiger partial charge in [0.2, 0.25) is 5.95 Å². The fourth-order valence-corrected chi connectivity index (χ4v) is 7.07. The quantitative estimate of drug-likeness (QED) is 0.465. The van der Waals surface area contributed by atoms with E-state index in [-0.39, 0.29) is 52.1 Å². The Labute approximate surface area is 230 Å². The molecule has 1 amide bonds. The fourth-order valence-electron chi connectivity index (χ4n) is 5.34. The molecule has 0 unspecified atom stereocenters. The molecule has 0 saturated carbocycles. The van der Waals surface area contributed by atoms with E-state index in [9.17, 15) is 18.3 Å². The summed E-state index contributed by atoms with van der Waals surface area (Å²) in [6.45, 7) is 4.92. The number of anilines is 1. The third-order valence-electron chi connectivity index (χ3n) is 7.24. The molecule has 2 aliphatic rings. The SMILES string of the molecule is COC(=O)N1CC[C@@H](c2nc3c(F)cc(-c4nc(N[C@H]5CCS(=O)(=O)C[C@@H]5O)ncc4Cl)cc3n2C(C)C)C1. The number of hydrogen-bond acceptors (Lipinski definition) is 9. The number of carbonyl (C=O) groups is 1. The number of aliphatic hydroxyl groups is 1. The standard InChI is InChI=1S/C25H30ClFN6O5S/c1-13(2)33-19-9-15(8-17(27)22(19)30-23(33)14-4-6-32(11-14)25(35)38-3)21-16(26)10-28-24(31-21)29-18-5-7-39(36,37)12-20(18)34/h8-10,13-14,18,20,34H,4-7,11-12H2,1-3H3,(H,28,29,31)/t14-,18+,20+/m1/s1. The van der Waals surface area contributed by atoms with Gasteiger partial charge in [0.15, 0.2) is 15.7 Å². The highest BCUT2D eigenvalue weighted by Gasteiger charge is 2.34. The van der Waals surface area contributed by atoms with Crippen LogP contribution in [0.5, 0.6) is 0 Å². The minimum absolute atomic E-state index is 0.0472. The number of nitrogens with zero attached hydrogens (tertiary/aromatic N) is 5. The molecule has 39 heavy (non-hydrogen) atoms. The summed E-state index contributed by atoms with van der Waals surface area (Å²) in [6, 6.07) is 2.50. The van der Waals surface area contributed by atoms with Gasteiger partial charge >= 0.3 is 6.09 Å². The second-order valence-corrected chi connectivity index (χ2v) is 12.9. The molecule has 0 radical (unpaired) electrons. The number of nitrogens with one attached hydrogen (secondary N) is 1. The Hall–Kier alpha value is -3.03. The monoisotopic (exact) mass is 580 g/mol. The Kier molecular flexibility index (Phi) is 7.42. The number of hydrogen-bond donors (Lipinski definition) is 2. The van der Waals surface area contributed by atoms with Crippen molar-refractivity contribution in [2.75, 3.05) is 37.0 Å². The van der Waals surface area contributed by atoms with E-state index in [0.717, 1.165) is 0 Å². The van der Waals surface area contributed by atoms with Crippen LogP contribution in [0.3, 0.4) is 0 Å². The zero-order chi connectivity index (χ0) is 28.1. The van der Waals surface area contributed by atoms with Gasteiger partial charge in [0.25, 0.3) is 0 Å². The predicted octanol–water partition coefficient (Wildman–Crippen LogP) is 3.38. The lowest BCUT2D eigenvalue weighted by Gasteiger charge is -2.28. The van der Waals surface area contributed by atoms with E-state index in [2.05, 4.69) is 20.3 Å². The maximum Gasteiger partial charge on any atom is 0.409 e. The number of aromatic nitrogens is 4. The highest BCUT2D eigenvalue weighted by molar-refractivity contribution is 7.91. The van der Waals surface area contributed by atoms with Gasteiger partial charge in [-0.1, -0.05) is 11.6 Å². The molecule has 2 N–H and O–H groups in total. The first-order valence-corrected chi connectivity index (χ1v) is 14.9. The van der Waals surface area contributed by atoms with Gasteiger partial charge in [-0.15, -0.1) is 0 Å². The number of carbonyl (C=O) groups excluding carboxylic acids is 1. The Morgan fingerprint density at radius 3 is 2.74 bits per heavy atom. The van der Waals surface area contributed by atoms with E-state index in [4.69, 9.17) is 16.3 Å². The van der Waals surface area contributed by atoms with Crippen LogP contribution >= 0.6 is 11.6 Å². The van der Waals surface area contributed by atoms with Crippen molar-refractivity contribution in [2.24, 2.45) is 0 Å². The van der Waals surface area contributed by atoms with Crippen molar-refractivity contribution >= 4 is 44.5 Å². The number of benzene rings is 1. The van der Waals surface area contributed by atoms with Crippen LogP contribution in [0.15, 0.2) is 18.3 Å². The number of likely N-dealkylation sites (tertiary alicyclic amines) is 1. The van der Waals surface area contributed by atoms with Crippen LogP contribution in [-0.2, 0) is 14.6 Å². The average Bonchev–Trinajstić information content (AvgIpc) is 3.51. The van der Waals surface area contributed by atoms with E-state index in [1.165, 1.54) is 19.4 Å². The number of methoxy groups -OCH3 is 1. The molecule has 3 aromatic rings. The van der Waals surface area contributed by atoms with Crippen molar-refractivity contribution in [1.82, 2.24) is 24.4 Å². The van der Waals surface area contributed by atoms with Gasteiger partial charge in [-0.3, -0.25) is 0 Å². The smallest absolute Gasteiger partial charge is 0.409 e. The van der Waals surface area contributed by atoms with Crippen molar-refractivity contribution < 1.29 is 27.4 Å². The molecule has 2 aliphatic heterocycles. The van der Waals surface area contributed by atoms with Gasteiger partial charge in [-0.25, -0.2) is 32.6 Å². The molecule has 0 spiro atoms. The van der Waals surface area contributed by atoms with E-state index in [0.29, 0.717) is 36.4 Å². The lowest BCUT2D eigenvalue weighted by atomic mass is 10.1. The van der Waals surface area contributed by atoms with Crippen molar-refractivity contribution in [3.05, 3.63) is 35.0 Å². The van der Waals surface area contributed by atoms with E-state index >= 15 is 4.39 Å². The van der Waals surface area contributed by atoms with Gasteiger partial charge in [0.1, 0.15) is 11.3 Å². The molecule has 0 bridgehead atoms. The zero-order valence-corrected chi connectivity index (χ0v) is 23.3. The summed E-state index contributed by atoms with van der Waals surface area (Å²) in [6.07, 6.45) is 0.760. The molecule has 2 saturated heterocycles. The van der Waals surface area contributed by atoms with E-state index in [1.807, 2.05) is 18.4 Å². The number of amides is 1. The molecule has 5 rings (SSSR count). The minimum atomic E-state index is -3.29. The molecule has 14 heteroatoms. The molecule has 3 atom stereocenters. The number of imidazole rings is 1. The predicted molar refractivity (Wildman–Crippen MR) is 144 cm³/mol. The van der Waals surface area contributed by atoms with Crippen LogP contribution in [0.25, 0.3) is 22.3 Å². The second-order valence-electron chi connectivity index (χ2n) is 10.3. The zero-order valence-electron chi connectivity index (χ0n) is 21.8. The van der Waals surface area contributed by atoms with Crippen molar-refractivity contribution in [1.29, 1.82) is 0 Å². The highest BCUT2D eigenvalue weighted by Crippen LogP contribution is 2.36. The van der Waals surface area contributed by atoms with Crippen LogP contribution in [0, 0.1) is 5.82 Å². The largest absolute Gasteiger partial charge is 0.453 e. The summed E-state index contributed by atoms with van der Waals surface area (Å²) in [5.41, 5.74) is 1.49. The molecule has 210 valence electrons. The number of aliphatic hydroxyl groups excluding tert-OH is 1. The van der Waals surface area contributed by atoms with Crippen LogP contribution in [0.4, 0.5) is 15.1 Å². The lowest BCUT2D eigenvalue weighted by molar-refractivity contribution is 0.132. The molecular weight excluding hydrogens is 551 g/mol. The molecule has 2 fully saturated rings. The van der Waals surface area contributed by atoms with Crippen molar-refractivity contribution in [3.8, 4) is 11.3 Å². The third-order valence-corrected chi connectivity index (χ3v) is 9.22. The van der Waals surface area contributed by atoms with Crippen molar-refractivity contribution in [3.63, 3.8) is 0 Å². The summed E-state index contributed by atoms with van der Waals surface area (Å²) in [5, 5.41) is 13.5. The number of halogens is 2. The molecule has 4 heterocycles. The van der Waals surface area contributed by atoms with Crippen LogP contribution in [-0.4, -0.2) is 87.9 Å². The van der Waals surface area contributed by atoms with Gasteiger partial charge in [0.05, 0.1) is 53.2 Å². The Morgan fingerprint density at radius 1 is 1.28 bits per heavy atom. The summed E-state index contributed by atoms with van der Waals surface area (Å²) in [7, 11) is -1.95. The molecule has 0 aliphatic carbocycles. The topological polar surface area (TPSA) is 140 Å². The second kappa shape index (κ2) is 10.5.